The molecular formula is C68H90N16NaO20S4Tc2. The monoisotopic (exact) mass is 1800 g/mol. The summed E-state index contributed by atoms with van der Waals surface area (Å²) in [7, 11) is -7.74. The van der Waals surface area contributed by atoms with E-state index in [9.17, 15) is 60.0 Å². The minimum atomic E-state index is -5.94. The number of nitrogens with two attached hydrogens (primary N) is 2. The molecule has 601 valence electrons. The van der Waals surface area contributed by atoms with E-state index in [0.717, 1.165) is 130 Å². The molecule has 2 aromatic heterocycles. The molecule has 2 heterocycles. The van der Waals surface area contributed by atoms with Crippen LogP contribution < -0.4 is 81.1 Å². The molecule has 0 fully saturated rings. The van der Waals surface area contributed by atoms with Crippen molar-refractivity contribution in [1.82, 2.24) is 56.9 Å². The number of sulfonamides is 2. The van der Waals surface area contributed by atoms with Gasteiger partial charge in [-0.05, 0) is 159 Å². The van der Waals surface area contributed by atoms with Crippen molar-refractivity contribution in [2.75, 3.05) is 96.6 Å². The third kappa shape index (κ3) is 43.1. The van der Waals surface area contributed by atoms with Gasteiger partial charge in [0, 0.05) is 55.3 Å². The van der Waals surface area contributed by atoms with Crippen LogP contribution >= 0.6 is 11.8 Å². The van der Waals surface area contributed by atoms with Crippen molar-refractivity contribution in [1.29, 1.82) is 0 Å². The summed E-state index contributed by atoms with van der Waals surface area (Å²) >= 11 is 0.273. The number of Topliss-reactive ketones (excluding diaryl/α,β-unsaturated/α-hetero) is 2. The summed E-state index contributed by atoms with van der Waals surface area (Å²) in [4.78, 5) is 113. The number of benzene rings is 4. The van der Waals surface area contributed by atoms with Gasteiger partial charge >= 0.3 is 81.8 Å². The van der Waals surface area contributed by atoms with Crippen LogP contribution in [0.25, 0.3) is 49.8 Å². The Morgan fingerprint density at radius 3 is 1.50 bits per heavy atom. The Balaban J connectivity index is 0.000000690. The number of aromatic nitrogens is 4. The molecule has 36 nitrogen and oxygen atoms in total. The van der Waals surface area contributed by atoms with Gasteiger partial charge in [0.05, 0.1) is 69.3 Å². The molecule has 12 N–H and O–H groups in total. The van der Waals surface area contributed by atoms with Crippen LogP contribution in [0.4, 0.5) is 0 Å². The molecule has 4 aromatic carbocycles. The molecular weight excluding hydrogens is 1710 g/mol. The first-order valence-electron chi connectivity index (χ1n) is 33.9. The van der Waals surface area contributed by atoms with Gasteiger partial charge in [0.15, 0.2) is 10.9 Å². The number of carbonyl (C=O) groups is 9. The van der Waals surface area contributed by atoms with E-state index in [0.29, 0.717) is 54.4 Å². The Bertz CT molecular complexity index is 4360. The van der Waals surface area contributed by atoms with Gasteiger partial charge in [-0.15, -0.1) is 5.75 Å². The van der Waals surface area contributed by atoms with Crippen LogP contribution in [0, 0.1) is 13.8 Å². The second-order valence-electron chi connectivity index (χ2n) is 23.7. The predicted octanol–water partition coefficient (Wildman–Crippen LogP) is -1.33. The summed E-state index contributed by atoms with van der Waals surface area (Å²) in [6.45, 7) is 7.48. The molecule has 6 amide bonds. The van der Waals surface area contributed by atoms with E-state index in [1.165, 1.54) is 31.2 Å². The van der Waals surface area contributed by atoms with Crippen LogP contribution in [0.15, 0.2) is 119 Å². The first kappa shape index (κ1) is 99.9. The summed E-state index contributed by atoms with van der Waals surface area (Å²) in [6.07, 6.45) is 6.69. The summed E-state index contributed by atoms with van der Waals surface area (Å²) < 4.78 is 93.2. The zero-order chi connectivity index (χ0) is 81.7. The number of nitrogens with zero attached hydrogens (tertiary/aromatic N) is 7. The number of hydrogen-bond acceptors (Lipinski definition) is 28. The van der Waals surface area contributed by atoms with Gasteiger partial charge in [-0.2, -0.15) is 10.2 Å². The predicted molar refractivity (Wildman–Crippen MR) is 395 cm³/mol. The van der Waals surface area contributed by atoms with Crippen molar-refractivity contribution in [3.8, 4) is 33.9 Å². The molecule has 0 aliphatic heterocycles. The zero-order valence-electron chi connectivity index (χ0n) is 61.5. The van der Waals surface area contributed by atoms with E-state index in [1.807, 2.05) is 68.4 Å². The van der Waals surface area contributed by atoms with Crippen molar-refractivity contribution in [3.05, 3.63) is 148 Å². The number of thioether (sulfide) groups is 1. The third-order valence-electron chi connectivity index (χ3n) is 14.9. The number of amides is 6. The van der Waals surface area contributed by atoms with E-state index in [4.69, 9.17) is 48.3 Å². The number of hydroxylamine groups is 1. The van der Waals surface area contributed by atoms with Gasteiger partial charge in [0.2, 0.25) is 37.8 Å². The molecule has 111 heavy (non-hydrogen) atoms. The molecule has 0 aliphatic rings. The quantitative estimate of drug-likeness (QED) is 0.00916. The van der Waals surface area contributed by atoms with Crippen LogP contribution in [-0.4, -0.2) is 190 Å². The van der Waals surface area contributed by atoms with Crippen LogP contribution in [-0.2, 0) is 136 Å². The number of unbranched alkanes of at least 4 members (excludes halogenated alkanes) is 4. The number of nitrogens with one attached hydrogen (secondary N) is 7. The third-order valence-corrected chi connectivity index (χ3v) is 17.8. The van der Waals surface area contributed by atoms with Gasteiger partial charge < -0.3 is 84.8 Å². The minimum absolute atomic E-state index is 0. The zero-order valence-corrected chi connectivity index (χ0v) is 70.5. The number of hydrogen-bond donors (Lipinski definition) is 10. The van der Waals surface area contributed by atoms with E-state index in [1.54, 1.807) is 39.7 Å². The molecule has 6 rings (SSSR count). The standard InChI is InChI=1S/C35H48N8O8S2.C33H46N8O7S2.Na.5O.2Tc/c1-24-7-9-26(10-8-24)30-19-29(42-43(30)27-11-13-28(14-12-27)53(36,50)51)35(38-17-4-3-15-37-16-5-6-18-44)31(46)20-39-32(47)21-40-33(48)22-41-34(49)23-52-25(2)45;1-24-7-9-25(10-8-24)30-18-26(40-41(30)27-11-13-29(14-12-27)50(34,46)47)22-48-39-17-5-4-16-35-15-3-2-6-28(42)19-36-31(43)20-37-32(44)21-38-33(45)23-49;;;;;;;;/h7-14,19,35,37-38,44H,3-6,15-18,20-23H2,1-2H3,(H,39,47)(H,40,48)(H,41,49)(H2,36,50,51);7-14,18,35,39H,2-6,15-17,19-23H2,1H3,(H6,34,36,37,38,43,44,45,46,47,49);;;;;;;;/q;;+1;;;;;-1;+4;/p-4/i;;;;;;;;1+1;. The number of aliphatic hydroxyl groups is 1. The molecule has 0 spiro atoms. The molecule has 0 saturated carbocycles. The van der Waals surface area contributed by atoms with Gasteiger partial charge in [-0.1, -0.05) is 91.1 Å². The van der Waals surface area contributed by atoms with Crippen molar-refractivity contribution in [2.24, 2.45) is 10.3 Å². The molecule has 0 radical (unpaired) electrons. The summed E-state index contributed by atoms with van der Waals surface area (Å²) in [5, 5.41) is 56.5. The van der Waals surface area contributed by atoms with Crippen molar-refractivity contribution in [2.45, 2.75) is 101 Å². The fraction of sp³-hybridized carbons (Fsp3) is 0.426. The number of aryl methyl sites for hydroxylation is 2. The normalized spacial score (nSPS) is 11.3. The first-order valence-corrected chi connectivity index (χ1v) is 42.3. The van der Waals surface area contributed by atoms with E-state index < -0.39 is 102 Å². The van der Waals surface area contributed by atoms with Crippen LogP contribution in [0.2, 0.25) is 0 Å². The van der Waals surface area contributed by atoms with E-state index in [2.05, 4.69) is 66.0 Å². The topological polar surface area (TPSA) is 557 Å². The fourth-order valence-corrected chi connectivity index (χ4v) is 10.9. The number of aliphatic hydroxyl groups excluding tert-OH is 1. The molecule has 43 heteroatoms. The molecule has 6 aromatic rings. The average Bonchev–Trinajstić information content (AvgIpc) is 1.66. The molecule has 0 saturated heterocycles. The molecule has 0 aliphatic carbocycles. The first-order chi connectivity index (χ1) is 52.2. The number of ketones is 2. The number of carbonyl (C=O) groups excluding carboxylic acids is 9. The Morgan fingerprint density at radius 1 is 0.595 bits per heavy atom. The maximum absolute atomic E-state index is 13.7. The van der Waals surface area contributed by atoms with Crippen LogP contribution in [0.1, 0.15) is 93.3 Å². The van der Waals surface area contributed by atoms with E-state index >= 15 is 0 Å². The summed E-state index contributed by atoms with van der Waals surface area (Å²) in [6, 6.07) is 30.6. The van der Waals surface area contributed by atoms with E-state index in [-0.39, 0.29) is 94.6 Å². The van der Waals surface area contributed by atoms with Crippen molar-refractivity contribution < 1.29 is 152 Å². The van der Waals surface area contributed by atoms with Gasteiger partial charge in [-0.3, -0.25) is 28.8 Å². The second kappa shape index (κ2) is 54.6. The van der Waals surface area contributed by atoms with Crippen LogP contribution in [0.3, 0.4) is 0 Å². The second-order valence-corrected chi connectivity index (χ2v) is 30.2. The SMILES string of the molecule is CC(=O)SCC(=O)NCC(=O)NCC(=O)NCC(=O)C(NCCCCNCCCCO)c1cc(-c2ccc(C)cc2)n(-c2ccc(S(N)(=O)=O)cc2)n1.Cc1ccc(-c2cc(CONCCCCNCCCCC(=O)C[N-]C(=O)C[N-]C(=O)C[N-]C(=O)C[S-])nn2-c2ccc(S(N)(=O)=O)cc2)cc1.[Na+].[O]=[99Tc+4].[O]=[Tc](=[O])(=[O])[O-]. The molecule has 0 bridgehead atoms. The van der Waals surface area contributed by atoms with Gasteiger partial charge in [0.1, 0.15) is 18.4 Å². The van der Waals surface area contributed by atoms with Crippen LogP contribution in [0.5, 0.6) is 0 Å². The van der Waals surface area contributed by atoms with Gasteiger partial charge in [-0.25, -0.2) is 42.0 Å². The number of primary sulfonamides is 2. The molecule has 1 unspecified atom stereocenters. The number of rotatable bonds is 46. The van der Waals surface area contributed by atoms with Crippen molar-refractivity contribution >= 4 is 96.6 Å². The summed E-state index contributed by atoms with van der Waals surface area (Å²) in [5.74, 6) is -4.67. The Labute approximate surface area is 689 Å². The Kier molecular flexibility index (Phi) is 49.1. The molecule has 1 atom stereocenters. The maximum atomic E-state index is 13.7. The van der Waals surface area contributed by atoms with Crippen molar-refractivity contribution in [3.63, 3.8) is 0 Å². The average molecular weight is 1800 g/mol. The Hall–Kier alpha value is -7.13. The van der Waals surface area contributed by atoms with Gasteiger partial charge in [0.25, 0.3) is 0 Å². The Morgan fingerprint density at radius 2 is 1.02 bits per heavy atom. The summed E-state index contributed by atoms with van der Waals surface area (Å²) in [5.41, 5.74) is 10.6. The fourth-order valence-electron chi connectivity index (χ4n) is 9.38.